The smallest absolute Gasteiger partial charge is 0.158 e. The van der Waals surface area contributed by atoms with E-state index in [1.807, 2.05) is 6.92 Å². The summed E-state index contributed by atoms with van der Waals surface area (Å²) in [6.45, 7) is 10.8. The topological polar surface area (TPSA) is 80.3 Å². The maximum Gasteiger partial charge on any atom is 0.158 e. The number of carbonyl (C=O) groups excluding carboxylic acids is 2. The zero-order valence-electron chi connectivity index (χ0n) is 18.0. The van der Waals surface area contributed by atoms with E-state index in [0.717, 1.165) is 19.4 Å². The van der Waals surface area contributed by atoms with Crippen molar-refractivity contribution in [1.82, 2.24) is 0 Å². The molecule has 7 heteroatoms. The number of Topliss-reactive ketones (excluding diaryl/α,β-unsaturated/α-hetero) is 2. The molecule has 0 bridgehead atoms. The third-order valence-corrected chi connectivity index (χ3v) is 3.80. The molecule has 0 aromatic heterocycles. The highest BCUT2D eigenvalue weighted by Crippen LogP contribution is 2.00. The summed E-state index contributed by atoms with van der Waals surface area (Å²) in [5, 5.41) is 0. The molecule has 0 saturated carbocycles. The van der Waals surface area contributed by atoms with Crippen LogP contribution in [-0.4, -0.2) is 77.6 Å². The largest absolute Gasteiger partial charge is 0.381 e. The lowest BCUT2D eigenvalue weighted by molar-refractivity contribution is -0.125. The Morgan fingerprint density at radius 3 is 1.61 bits per heavy atom. The highest BCUT2D eigenvalue weighted by Gasteiger charge is 2.04. The van der Waals surface area contributed by atoms with Gasteiger partial charge in [-0.25, -0.2) is 0 Å². The quantitative estimate of drug-likeness (QED) is 0.257. The van der Waals surface area contributed by atoms with Crippen LogP contribution in [0.4, 0.5) is 0 Å². The fourth-order valence-electron chi connectivity index (χ4n) is 2.16. The molecule has 7 nitrogen and oxygen atoms in total. The fraction of sp³-hybridized carbons (Fsp3) is 0.905. The summed E-state index contributed by atoms with van der Waals surface area (Å²) in [7, 11) is 0. The summed E-state index contributed by atoms with van der Waals surface area (Å²) < 4.78 is 26.5. The van der Waals surface area contributed by atoms with E-state index in [1.54, 1.807) is 0 Å². The van der Waals surface area contributed by atoms with Gasteiger partial charge in [-0.1, -0.05) is 13.8 Å². The second-order valence-electron chi connectivity index (χ2n) is 6.99. The number of rotatable bonds is 22. The van der Waals surface area contributed by atoms with Gasteiger partial charge in [-0.3, -0.25) is 9.59 Å². The predicted molar refractivity (Wildman–Crippen MR) is 108 cm³/mol. The highest BCUT2D eigenvalue weighted by atomic mass is 16.5. The van der Waals surface area contributed by atoms with Crippen molar-refractivity contribution in [1.29, 1.82) is 0 Å². The van der Waals surface area contributed by atoms with Gasteiger partial charge in [0.1, 0.15) is 13.2 Å². The normalized spacial score (nSPS) is 11.3. The van der Waals surface area contributed by atoms with E-state index in [0.29, 0.717) is 71.4 Å². The molecular formula is C21H40O7. The van der Waals surface area contributed by atoms with Crippen LogP contribution in [0.3, 0.4) is 0 Å². The molecule has 0 spiro atoms. The van der Waals surface area contributed by atoms with Crippen LogP contribution in [-0.2, 0) is 33.3 Å². The van der Waals surface area contributed by atoms with Gasteiger partial charge < -0.3 is 23.7 Å². The van der Waals surface area contributed by atoms with Crippen LogP contribution in [0.15, 0.2) is 0 Å². The van der Waals surface area contributed by atoms with Gasteiger partial charge in [-0.2, -0.15) is 0 Å². The second-order valence-corrected chi connectivity index (χ2v) is 6.99. The summed E-state index contributed by atoms with van der Waals surface area (Å²) in [6.07, 6.45) is 3.36. The molecule has 0 saturated heterocycles. The Labute approximate surface area is 170 Å². The van der Waals surface area contributed by atoms with Gasteiger partial charge in [0.05, 0.1) is 26.4 Å². The molecule has 0 aliphatic rings. The fourth-order valence-corrected chi connectivity index (χ4v) is 2.16. The number of hydrogen-bond acceptors (Lipinski definition) is 7. The Bertz CT molecular complexity index is 372. The average Bonchev–Trinajstić information content (AvgIpc) is 2.66. The van der Waals surface area contributed by atoms with Crippen molar-refractivity contribution in [2.75, 3.05) is 66.1 Å². The molecule has 166 valence electrons. The van der Waals surface area contributed by atoms with E-state index < -0.39 is 0 Å². The van der Waals surface area contributed by atoms with E-state index in [9.17, 15) is 9.59 Å². The molecular weight excluding hydrogens is 364 g/mol. The Kier molecular flexibility index (Phi) is 20.2. The molecule has 28 heavy (non-hydrogen) atoms. The molecule has 0 radical (unpaired) electrons. The van der Waals surface area contributed by atoms with Crippen LogP contribution in [0.2, 0.25) is 0 Å². The van der Waals surface area contributed by atoms with Crippen molar-refractivity contribution in [3.63, 3.8) is 0 Å². The first-order valence-electron chi connectivity index (χ1n) is 10.5. The Hall–Kier alpha value is -0.860. The van der Waals surface area contributed by atoms with Crippen LogP contribution >= 0.6 is 0 Å². The third kappa shape index (κ3) is 21.4. The standard InChI is InChI=1S/C21H40O7/c1-4-24-13-15-27-17-21(23)8-6-11-26-14-16-28-18-20(22)7-5-10-25-12-9-19(2)3/h19H,4-18H2,1-3H3. The lowest BCUT2D eigenvalue weighted by Crippen LogP contribution is -2.14. The maximum atomic E-state index is 11.7. The average molecular weight is 405 g/mol. The first kappa shape index (κ1) is 27.1. The van der Waals surface area contributed by atoms with Gasteiger partial charge in [0.25, 0.3) is 0 Å². The van der Waals surface area contributed by atoms with Gasteiger partial charge >= 0.3 is 0 Å². The molecule has 0 heterocycles. The minimum absolute atomic E-state index is 0.0649. The summed E-state index contributed by atoms with van der Waals surface area (Å²) in [4.78, 5) is 23.2. The predicted octanol–water partition coefficient (Wildman–Crippen LogP) is 2.83. The number of ether oxygens (including phenoxy) is 5. The minimum atomic E-state index is 0.0649. The summed E-state index contributed by atoms with van der Waals surface area (Å²) in [5.74, 6) is 0.792. The summed E-state index contributed by atoms with van der Waals surface area (Å²) >= 11 is 0. The van der Waals surface area contributed by atoms with Gasteiger partial charge in [-0.05, 0) is 32.1 Å². The van der Waals surface area contributed by atoms with Crippen molar-refractivity contribution < 1.29 is 33.3 Å². The number of ketones is 2. The SMILES string of the molecule is CCOCCOCC(=O)CCCOCCOCC(=O)CCCOCCC(C)C. The van der Waals surface area contributed by atoms with Crippen LogP contribution in [0.25, 0.3) is 0 Å². The molecule has 0 aliphatic heterocycles. The second kappa shape index (κ2) is 20.9. The first-order valence-corrected chi connectivity index (χ1v) is 10.5. The molecule has 0 fully saturated rings. The van der Waals surface area contributed by atoms with Gasteiger partial charge in [-0.15, -0.1) is 0 Å². The zero-order chi connectivity index (χ0) is 20.9. The van der Waals surface area contributed by atoms with Gasteiger partial charge in [0.15, 0.2) is 11.6 Å². The van der Waals surface area contributed by atoms with E-state index in [-0.39, 0.29) is 24.8 Å². The number of carbonyl (C=O) groups is 2. The van der Waals surface area contributed by atoms with E-state index >= 15 is 0 Å². The molecule has 0 aliphatic carbocycles. The van der Waals surface area contributed by atoms with Crippen molar-refractivity contribution in [3.05, 3.63) is 0 Å². The van der Waals surface area contributed by atoms with Crippen LogP contribution < -0.4 is 0 Å². The molecule has 0 rings (SSSR count). The van der Waals surface area contributed by atoms with E-state index in [2.05, 4.69) is 13.8 Å². The maximum absolute atomic E-state index is 11.7. The molecule has 0 aromatic rings. The van der Waals surface area contributed by atoms with Crippen molar-refractivity contribution >= 4 is 11.6 Å². The van der Waals surface area contributed by atoms with E-state index in [1.165, 1.54) is 0 Å². The molecule has 0 atom stereocenters. The monoisotopic (exact) mass is 404 g/mol. The molecule has 0 aromatic carbocycles. The highest BCUT2D eigenvalue weighted by molar-refractivity contribution is 5.79. The Morgan fingerprint density at radius 2 is 1.11 bits per heavy atom. The molecule has 0 N–H and O–H groups in total. The lowest BCUT2D eigenvalue weighted by Gasteiger charge is -2.07. The summed E-state index contributed by atoms with van der Waals surface area (Å²) in [6, 6.07) is 0. The van der Waals surface area contributed by atoms with Gasteiger partial charge in [0, 0.05) is 39.3 Å². The first-order chi connectivity index (χ1) is 13.6. The van der Waals surface area contributed by atoms with Crippen LogP contribution in [0.1, 0.15) is 52.9 Å². The third-order valence-electron chi connectivity index (χ3n) is 3.80. The zero-order valence-corrected chi connectivity index (χ0v) is 18.0. The minimum Gasteiger partial charge on any atom is -0.381 e. The van der Waals surface area contributed by atoms with Crippen molar-refractivity contribution in [2.24, 2.45) is 5.92 Å². The van der Waals surface area contributed by atoms with Crippen molar-refractivity contribution in [3.8, 4) is 0 Å². The van der Waals surface area contributed by atoms with Crippen LogP contribution in [0.5, 0.6) is 0 Å². The number of hydrogen-bond donors (Lipinski definition) is 0. The van der Waals surface area contributed by atoms with Gasteiger partial charge in [0.2, 0.25) is 0 Å². The molecule has 0 unspecified atom stereocenters. The Morgan fingerprint density at radius 1 is 0.643 bits per heavy atom. The van der Waals surface area contributed by atoms with Crippen LogP contribution in [0, 0.1) is 5.92 Å². The Balaban J connectivity index is 3.27. The van der Waals surface area contributed by atoms with Crippen molar-refractivity contribution in [2.45, 2.75) is 52.9 Å². The van der Waals surface area contributed by atoms with E-state index in [4.69, 9.17) is 23.7 Å². The summed E-state index contributed by atoms with van der Waals surface area (Å²) in [5.41, 5.74) is 0. The molecule has 0 amide bonds. The lowest BCUT2D eigenvalue weighted by atomic mass is 10.1.